The zero-order chi connectivity index (χ0) is 17.7. The van der Waals surface area contributed by atoms with Crippen molar-refractivity contribution in [3.05, 3.63) is 23.8 Å². The Kier molecular flexibility index (Phi) is 6.25. The molecule has 2 amide bonds. The third-order valence-electron chi connectivity index (χ3n) is 2.61. The number of carbonyl (C=O) groups is 1. The minimum absolute atomic E-state index is 0.0822. The van der Waals surface area contributed by atoms with Gasteiger partial charge in [0.15, 0.2) is 0 Å². The Morgan fingerprint density at radius 3 is 2.48 bits per heavy atom. The number of hydrogen-bond donors (Lipinski definition) is 2. The minimum atomic E-state index is -4.56. The lowest BCUT2D eigenvalue weighted by atomic mass is 10.2. The third kappa shape index (κ3) is 6.76. The Morgan fingerprint density at radius 2 is 1.96 bits per heavy atom. The maximum Gasteiger partial charge on any atom is 0.416 e. The van der Waals surface area contributed by atoms with Crippen molar-refractivity contribution >= 4 is 21.6 Å². The number of urea groups is 1. The van der Waals surface area contributed by atoms with E-state index in [1.54, 1.807) is 6.92 Å². The molecule has 0 aliphatic heterocycles. The average molecular weight is 354 g/mol. The molecule has 1 rings (SSSR count). The van der Waals surface area contributed by atoms with Crippen LogP contribution in [0.4, 0.5) is 23.7 Å². The van der Waals surface area contributed by atoms with Gasteiger partial charge >= 0.3 is 12.2 Å². The van der Waals surface area contributed by atoms with Crippen LogP contribution in [-0.2, 0) is 16.0 Å². The van der Waals surface area contributed by atoms with E-state index in [4.69, 9.17) is 4.74 Å². The van der Waals surface area contributed by atoms with Gasteiger partial charge in [-0.05, 0) is 25.1 Å². The number of halogens is 3. The first-order chi connectivity index (χ1) is 10.5. The van der Waals surface area contributed by atoms with Crippen molar-refractivity contribution in [2.24, 2.45) is 0 Å². The van der Waals surface area contributed by atoms with Gasteiger partial charge in [0, 0.05) is 12.8 Å². The number of ether oxygens (including phenoxy) is 1. The van der Waals surface area contributed by atoms with Gasteiger partial charge in [0.2, 0.25) is 0 Å². The first-order valence-corrected chi connectivity index (χ1v) is 8.65. The number of hydrogen-bond acceptors (Lipinski definition) is 4. The van der Waals surface area contributed by atoms with Crippen LogP contribution in [0.15, 0.2) is 18.2 Å². The van der Waals surface area contributed by atoms with Crippen molar-refractivity contribution in [1.29, 1.82) is 0 Å². The Labute approximate surface area is 131 Å². The topological polar surface area (TPSA) is 84.5 Å². The third-order valence-corrected chi connectivity index (χ3v) is 3.56. The van der Waals surface area contributed by atoms with E-state index < -0.39 is 27.6 Å². The van der Waals surface area contributed by atoms with E-state index in [1.807, 2.05) is 0 Å². The van der Waals surface area contributed by atoms with E-state index in [1.165, 1.54) is 0 Å². The second-order valence-corrected chi connectivity index (χ2v) is 6.91. The molecule has 0 heterocycles. The summed E-state index contributed by atoms with van der Waals surface area (Å²) in [6.45, 7) is 1.69. The van der Waals surface area contributed by atoms with Crippen LogP contribution in [0.2, 0.25) is 0 Å². The summed E-state index contributed by atoms with van der Waals surface area (Å²) in [5.41, 5.74) is -1.09. The molecule has 0 aliphatic rings. The van der Waals surface area contributed by atoms with Crippen molar-refractivity contribution in [3.8, 4) is 5.75 Å². The van der Waals surface area contributed by atoms with Gasteiger partial charge in [-0.15, -0.1) is 0 Å². The minimum Gasteiger partial charge on any atom is -0.492 e. The van der Waals surface area contributed by atoms with Gasteiger partial charge in [-0.1, -0.05) is 0 Å². The highest BCUT2D eigenvalue weighted by atomic mass is 32.2. The molecule has 1 aromatic carbocycles. The van der Waals surface area contributed by atoms with E-state index in [0.29, 0.717) is 0 Å². The van der Waals surface area contributed by atoms with Crippen molar-refractivity contribution in [1.82, 2.24) is 5.32 Å². The van der Waals surface area contributed by atoms with Crippen LogP contribution in [0, 0.1) is 0 Å². The summed E-state index contributed by atoms with van der Waals surface area (Å²) in [6, 6.07) is 1.88. The zero-order valence-corrected chi connectivity index (χ0v) is 13.3. The van der Waals surface area contributed by atoms with E-state index in [-0.39, 0.29) is 30.3 Å². The van der Waals surface area contributed by atoms with Gasteiger partial charge in [-0.3, -0.25) is 0 Å². The molecule has 0 bridgehead atoms. The number of alkyl halides is 3. The summed E-state index contributed by atoms with van der Waals surface area (Å²) in [5, 5.41) is 4.47. The molecule has 6 nitrogen and oxygen atoms in total. The maximum atomic E-state index is 12.7. The van der Waals surface area contributed by atoms with Crippen LogP contribution in [0.5, 0.6) is 5.75 Å². The molecule has 0 atom stereocenters. The Hall–Kier alpha value is -1.97. The smallest absolute Gasteiger partial charge is 0.416 e. The molecule has 0 radical (unpaired) electrons. The van der Waals surface area contributed by atoms with Gasteiger partial charge in [-0.2, -0.15) is 13.2 Å². The van der Waals surface area contributed by atoms with Gasteiger partial charge in [-0.25, -0.2) is 13.2 Å². The van der Waals surface area contributed by atoms with Gasteiger partial charge in [0.1, 0.15) is 15.6 Å². The highest BCUT2D eigenvalue weighted by Crippen LogP contribution is 2.35. The van der Waals surface area contributed by atoms with E-state index >= 15 is 0 Å². The molecule has 0 spiro atoms. The van der Waals surface area contributed by atoms with Crippen LogP contribution < -0.4 is 15.4 Å². The summed E-state index contributed by atoms with van der Waals surface area (Å²) >= 11 is 0. The normalized spacial score (nSPS) is 11.9. The molecule has 0 saturated carbocycles. The zero-order valence-electron chi connectivity index (χ0n) is 12.5. The van der Waals surface area contributed by atoms with Crippen molar-refractivity contribution in [2.45, 2.75) is 13.1 Å². The molecule has 1 aromatic rings. The van der Waals surface area contributed by atoms with Crippen molar-refractivity contribution < 1.29 is 31.1 Å². The molecule has 23 heavy (non-hydrogen) atoms. The fourth-order valence-electron chi connectivity index (χ4n) is 1.60. The summed E-state index contributed by atoms with van der Waals surface area (Å²) in [7, 11) is -3.25. The molecule has 2 N–H and O–H groups in total. The monoisotopic (exact) mass is 354 g/mol. The highest BCUT2D eigenvalue weighted by molar-refractivity contribution is 7.90. The number of anilines is 1. The van der Waals surface area contributed by atoms with Crippen LogP contribution in [0.25, 0.3) is 0 Å². The summed E-state index contributed by atoms with van der Waals surface area (Å²) in [6.07, 6.45) is -3.56. The number of sulfone groups is 1. The fraction of sp³-hybridized carbons (Fsp3) is 0.462. The Balaban J connectivity index is 2.85. The molecule has 0 unspecified atom stereocenters. The number of carbonyl (C=O) groups excluding carboxylic acids is 1. The second kappa shape index (κ2) is 7.53. The average Bonchev–Trinajstić information content (AvgIpc) is 2.38. The molecule has 10 heteroatoms. The first-order valence-electron chi connectivity index (χ1n) is 6.59. The predicted octanol–water partition coefficient (Wildman–Crippen LogP) is 2.27. The molecular formula is C13H17F3N2O4S. The largest absolute Gasteiger partial charge is 0.492 e. The summed E-state index contributed by atoms with van der Waals surface area (Å²) < 4.78 is 65.2. The highest BCUT2D eigenvalue weighted by Gasteiger charge is 2.31. The molecular weight excluding hydrogens is 337 g/mol. The van der Waals surface area contributed by atoms with Gasteiger partial charge in [0.25, 0.3) is 0 Å². The Morgan fingerprint density at radius 1 is 1.30 bits per heavy atom. The van der Waals surface area contributed by atoms with Crippen LogP contribution in [0.3, 0.4) is 0 Å². The number of rotatable bonds is 6. The molecule has 130 valence electrons. The summed E-state index contributed by atoms with van der Waals surface area (Å²) in [5.74, 6) is -0.194. The number of nitrogens with one attached hydrogen (secondary N) is 2. The van der Waals surface area contributed by atoms with E-state index in [2.05, 4.69) is 10.6 Å². The van der Waals surface area contributed by atoms with Crippen LogP contribution in [0.1, 0.15) is 12.5 Å². The quantitative estimate of drug-likeness (QED) is 0.821. The second-order valence-electron chi connectivity index (χ2n) is 4.65. The lowest BCUT2D eigenvalue weighted by Crippen LogP contribution is -2.32. The molecule has 0 aromatic heterocycles. The molecule has 0 fully saturated rings. The Bertz CT molecular complexity index is 660. The standard InChI is InChI=1S/C13H17F3N2O4S/c1-3-22-11-5-4-9(13(14,15)16)8-10(11)18-12(19)17-6-7-23(2,20)21/h4-5,8H,3,6-7H2,1-2H3,(H2,17,18,19). The van der Waals surface area contributed by atoms with Gasteiger partial charge in [0.05, 0.1) is 23.6 Å². The van der Waals surface area contributed by atoms with Crippen LogP contribution >= 0.6 is 0 Å². The van der Waals surface area contributed by atoms with Crippen LogP contribution in [-0.4, -0.2) is 39.6 Å². The van der Waals surface area contributed by atoms with E-state index in [0.717, 1.165) is 24.5 Å². The first kappa shape index (κ1) is 19.1. The lowest BCUT2D eigenvalue weighted by molar-refractivity contribution is -0.137. The van der Waals surface area contributed by atoms with Gasteiger partial charge < -0.3 is 15.4 Å². The van der Waals surface area contributed by atoms with E-state index in [9.17, 15) is 26.4 Å². The van der Waals surface area contributed by atoms with Crippen molar-refractivity contribution in [2.75, 3.05) is 30.5 Å². The molecule has 0 saturated heterocycles. The summed E-state index contributed by atoms with van der Waals surface area (Å²) in [4.78, 5) is 11.7. The van der Waals surface area contributed by atoms with Crippen molar-refractivity contribution in [3.63, 3.8) is 0 Å². The fourth-order valence-corrected chi connectivity index (χ4v) is 2.07. The number of amides is 2. The molecule has 0 aliphatic carbocycles. The number of benzene rings is 1. The predicted molar refractivity (Wildman–Crippen MR) is 79.3 cm³/mol. The SMILES string of the molecule is CCOc1ccc(C(F)(F)F)cc1NC(=O)NCCS(C)(=O)=O. The lowest BCUT2D eigenvalue weighted by Gasteiger charge is -2.15. The maximum absolute atomic E-state index is 12.7.